The van der Waals surface area contributed by atoms with E-state index < -0.39 is 6.29 Å². The van der Waals surface area contributed by atoms with Crippen LogP contribution < -0.4 is 10.6 Å². The molecule has 3 N–H and O–H groups in total. The first kappa shape index (κ1) is 28.7. The summed E-state index contributed by atoms with van der Waals surface area (Å²) < 4.78 is 10.9. The maximum Gasteiger partial charge on any atom is 0.239 e. The highest BCUT2D eigenvalue weighted by Crippen LogP contribution is 2.20. The van der Waals surface area contributed by atoms with Gasteiger partial charge in [0, 0.05) is 12.8 Å². The molecule has 0 radical (unpaired) electrons. The van der Waals surface area contributed by atoms with Gasteiger partial charge in [-0.3, -0.25) is 4.79 Å². The lowest BCUT2D eigenvalue weighted by molar-refractivity contribution is -0.202. The average molecular weight is 453 g/mol. The first-order valence-corrected chi connectivity index (χ1v) is 12.8. The number of methoxy groups -OCH3 is 1. The molecule has 0 saturated carbocycles. The molecule has 6 heteroatoms. The summed E-state index contributed by atoms with van der Waals surface area (Å²) in [5.41, 5.74) is 0.912. The van der Waals surface area contributed by atoms with E-state index in [1.54, 1.807) is 7.11 Å². The highest BCUT2D eigenvalue weighted by atomic mass is 16.7. The predicted octanol–water partition coefficient (Wildman–Crippen LogP) is 4.98. The van der Waals surface area contributed by atoms with Crippen LogP contribution >= 0.6 is 0 Å². The molecule has 0 bridgehead atoms. The molecule has 3 unspecified atom stereocenters. The number of rotatable bonds is 19. The standard InChI is InChI=1S/C26H48N2O4/c1-4-5-6-7-8-9-10-11-12-13-14-15-16-17-22(2)27-20-25(30)28-24-19-18-23(21-29)32-26(24)31-3/h9-10,23-24,26-27,29H,2,4-8,11-21H2,1,3H3,(H,28,30)/b10-9-. The van der Waals surface area contributed by atoms with Gasteiger partial charge in [0.25, 0.3) is 0 Å². The normalized spacial score (nSPS) is 21.0. The second-order valence-electron chi connectivity index (χ2n) is 8.88. The molecule has 0 aliphatic carbocycles. The van der Waals surface area contributed by atoms with Crippen molar-refractivity contribution in [1.29, 1.82) is 0 Å². The maximum absolute atomic E-state index is 12.2. The van der Waals surface area contributed by atoms with E-state index in [9.17, 15) is 9.90 Å². The van der Waals surface area contributed by atoms with Crippen molar-refractivity contribution in [3.63, 3.8) is 0 Å². The fraction of sp³-hybridized carbons (Fsp3) is 0.808. The van der Waals surface area contributed by atoms with Crippen LogP contribution in [0.1, 0.15) is 96.8 Å². The van der Waals surface area contributed by atoms with Crippen molar-refractivity contribution >= 4 is 5.91 Å². The minimum atomic E-state index is -0.519. The second-order valence-corrected chi connectivity index (χ2v) is 8.88. The molecule has 1 aliphatic rings. The molecule has 3 atom stereocenters. The SMILES string of the molecule is C=C(CCCCCCC/C=C\CCCCCC)NCC(=O)NC1CCC(CO)OC1OC. The number of carbonyl (C=O) groups is 1. The van der Waals surface area contributed by atoms with Crippen molar-refractivity contribution in [2.45, 2.75) is 115 Å². The third kappa shape index (κ3) is 13.9. The number of nitrogens with one attached hydrogen (secondary N) is 2. The van der Waals surface area contributed by atoms with Gasteiger partial charge in [-0.1, -0.05) is 64.2 Å². The third-order valence-electron chi connectivity index (χ3n) is 5.98. The number of carbonyl (C=O) groups excluding carboxylic acids is 1. The molecular formula is C26H48N2O4. The maximum atomic E-state index is 12.2. The van der Waals surface area contributed by atoms with E-state index in [-0.39, 0.29) is 31.2 Å². The summed E-state index contributed by atoms with van der Waals surface area (Å²) in [6, 6.07) is -0.193. The summed E-state index contributed by atoms with van der Waals surface area (Å²) >= 11 is 0. The number of aliphatic hydroxyl groups is 1. The molecule has 0 spiro atoms. The van der Waals surface area contributed by atoms with Crippen molar-refractivity contribution < 1.29 is 19.4 Å². The van der Waals surface area contributed by atoms with E-state index >= 15 is 0 Å². The summed E-state index contributed by atoms with van der Waals surface area (Å²) in [7, 11) is 1.55. The smallest absolute Gasteiger partial charge is 0.239 e. The first-order valence-electron chi connectivity index (χ1n) is 12.8. The highest BCUT2D eigenvalue weighted by Gasteiger charge is 2.31. The number of aliphatic hydroxyl groups excluding tert-OH is 1. The van der Waals surface area contributed by atoms with Crippen molar-refractivity contribution in [2.75, 3.05) is 20.3 Å². The van der Waals surface area contributed by atoms with Gasteiger partial charge in [0.1, 0.15) is 0 Å². The zero-order valence-electron chi connectivity index (χ0n) is 20.6. The minimum Gasteiger partial charge on any atom is -0.394 e. The van der Waals surface area contributed by atoms with E-state index in [1.807, 2.05) is 0 Å². The Morgan fingerprint density at radius 1 is 1.06 bits per heavy atom. The van der Waals surface area contributed by atoms with Crippen LogP contribution in [-0.2, 0) is 14.3 Å². The van der Waals surface area contributed by atoms with E-state index in [2.05, 4.69) is 36.3 Å². The molecule has 0 aromatic carbocycles. The number of amides is 1. The van der Waals surface area contributed by atoms with Gasteiger partial charge < -0.3 is 25.2 Å². The average Bonchev–Trinajstić information content (AvgIpc) is 2.81. The van der Waals surface area contributed by atoms with Gasteiger partial charge in [-0.15, -0.1) is 0 Å². The quantitative estimate of drug-likeness (QED) is 0.190. The molecule has 1 saturated heterocycles. The highest BCUT2D eigenvalue weighted by molar-refractivity contribution is 5.78. The van der Waals surface area contributed by atoms with Gasteiger partial charge in [-0.05, 0) is 51.4 Å². The van der Waals surface area contributed by atoms with Crippen LogP contribution in [0.3, 0.4) is 0 Å². The minimum absolute atomic E-state index is 0.0296. The predicted molar refractivity (Wildman–Crippen MR) is 131 cm³/mol. The number of allylic oxidation sites excluding steroid dienone is 3. The van der Waals surface area contributed by atoms with Crippen LogP contribution in [0.4, 0.5) is 0 Å². The Morgan fingerprint density at radius 2 is 1.72 bits per heavy atom. The molecule has 0 aromatic heterocycles. The Bertz CT molecular complexity index is 524. The van der Waals surface area contributed by atoms with E-state index in [0.29, 0.717) is 6.42 Å². The summed E-state index contributed by atoms with van der Waals surface area (Å²) in [6.07, 6.45) is 20.2. The van der Waals surface area contributed by atoms with Crippen LogP contribution in [0.2, 0.25) is 0 Å². The summed E-state index contributed by atoms with van der Waals surface area (Å²) in [4.78, 5) is 12.2. The molecule has 186 valence electrons. The largest absolute Gasteiger partial charge is 0.394 e. The molecule has 1 fully saturated rings. The topological polar surface area (TPSA) is 79.8 Å². The number of unbranched alkanes of at least 4 members (excludes halogenated alkanes) is 9. The van der Waals surface area contributed by atoms with Crippen molar-refractivity contribution in [2.24, 2.45) is 0 Å². The van der Waals surface area contributed by atoms with Crippen LogP contribution in [-0.4, -0.2) is 49.7 Å². The Kier molecular flexibility index (Phi) is 17.1. The fourth-order valence-electron chi connectivity index (χ4n) is 3.96. The van der Waals surface area contributed by atoms with Gasteiger partial charge in [0.05, 0.1) is 25.3 Å². The Morgan fingerprint density at radius 3 is 2.38 bits per heavy atom. The zero-order chi connectivity index (χ0) is 23.4. The fourth-order valence-corrected chi connectivity index (χ4v) is 3.96. The van der Waals surface area contributed by atoms with E-state index in [0.717, 1.165) is 25.0 Å². The Balaban J connectivity index is 1.99. The lowest BCUT2D eigenvalue weighted by Gasteiger charge is -2.35. The van der Waals surface area contributed by atoms with Crippen molar-refractivity contribution in [1.82, 2.24) is 10.6 Å². The van der Waals surface area contributed by atoms with E-state index in [1.165, 1.54) is 64.2 Å². The van der Waals surface area contributed by atoms with Crippen LogP contribution in [0.15, 0.2) is 24.4 Å². The monoisotopic (exact) mass is 452 g/mol. The van der Waals surface area contributed by atoms with Crippen LogP contribution in [0, 0.1) is 0 Å². The van der Waals surface area contributed by atoms with Crippen molar-refractivity contribution in [3.8, 4) is 0 Å². The molecule has 6 nitrogen and oxygen atoms in total. The summed E-state index contributed by atoms with van der Waals surface area (Å²) in [6.45, 7) is 6.47. The van der Waals surface area contributed by atoms with Gasteiger partial charge in [-0.25, -0.2) is 0 Å². The van der Waals surface area contributed by atoms with Gasteiger partial charge in [0.15, 0.2) is 6.29 Å². The molecule has 0 aromatic rings. The Hall–Kier alpha value is -1.37. The number of ether oxygens (including phenoxy) is 2. The van der Waals surface area contributed by atoms with Crippen LogP contribution in [0.5, 0.6) is 0 Å². The molecule has 1 aliphatic heterocycles. The molecule has 32 heavy (non-hydrogen) atoms. The number of hydrogen-bond donors (Lipinski definition) is 3. The lowest BCUT2D eigenvalue weighted by Crippen LogP contribution is -2.52. The second kappa shape index (κ2) is 19.1. The molecule has 1 heterocycles. The van der Waals surface area contributed by atoms with Gasteiger partial charge >= 0.3 is 0 Å². The summed E-state index contributed by atoms with van der Waals surface area (Å²) in [5, 5.41) is 15.3. The lowest BCUT2D eigenvalue weighted by atomic mass is 10.0. The van der Waals surface area contributed by atoms with Gasteiger partial charge in [0.2, 0.25) is 5.91 Å². The molecule has 1 rings (SSSR count). The molecular weight excluding hydrogens is 404 g/mol. The first-order chi connectivity index (χ1) is 15.6. The number of hydrogen-bond acceptors (Lipinski definition) is 5. The third-order valence-corrected chi connectivity index (χ3v) is 5.98. The zero-order valence-corrected chi connectivity index (χ0v) is 20.6. The van der Waals surface area contributed by atoms with E-state index in [4.69, 9.17) is 9.47 Å². The molecule has 1 amide bonds. The van der Waals surface area contributed by atoms with Crippen LogP contribution in [0.25, 0.3) is 0 Å². The van der Waals surface area contributed by atoms with Gasteiger partial charge in [-0.2, -0.15) is 0 Å². The Labute approximate surface area is 196 Å². The van der Waals surface area contributed by atoms with Crippen molar-refractivity contribution in [3.05, 3.63) is 24.4 Å². The summed E-state index contributed by atoms with van der Waals surface area (Å²) in [5.74, 6) is -0.0948.